The van der Waals surface area contributed by atoms with E-state index in [0.717, 1.165) is 18.2 Å². The van der Waals surface area contributed by atoms with Gasteiger partial charge in [0, 0.05) is 18.2 Å². The summed E-state index contributed by atoms with van der Waals surface area (Å²) in [4.78, 5) is 20.2. The molecule has 7 nitrogen and oxygen atoms in total. The van der Waals surface area contributed by atoms with Crippen LogP contribution in [0.15, 0.2) is 18.2 Å². The van der Waals surface area contributed by atoms with E-state index < -0.39 is 28.9 Å². The minimum Gasteiger partial charge on any atom is -0.478 e. The highest BCUT2D eigenvalue weighted by Crippen LogP contribution is 2.32. The standard InChI is InChI=1S/C11H6F2N2O5/c12-11(13)20-9-4-7(5-14)6(1-2-10(16)17)3-8(9)15(18)19/h1-4,11H,(H,16,17)/b2-1+. The number of carboxylic acid groups (broad SMARTS) is 1. The molecule has 1 aromatic carbocycles. The van der Waals surface area contributed by atoms with Gasteiger partial charge < -0.3 is 9.84 Å². The third kappa shape index (κ3) is 3.74. The molecule has 0 saturated carbocycles. The molecule has 0 radical (unpaired) electrons. The second-order valence-electron chi connectivity index (χ2n) is 3.33. The molecule has 0 bridgehead atoms. The number of nitro benzene ring substituents is 1. The fraction of sp³-hybridized carbons (Fsp3) is 0.0909. The number of halogens is 2. The number of hydrogen-bond donors (Lipinski definition) is 1. The SMILES string of the molecule is N#Cc1cc(OC(F)F)c([N+](=O)[O-])cc1/C=C/C(=O)O. The predicted molar refractivity (Wildman–Crippen MR) is 61.1 cm³/mol. The quantitative estimate of drug-likeness (QED) is 0.503. The van der Waals surface area contributed by atoms with E-state index in [-0.39, 0.29) is 11.1 Å². The van der Waals surface area contributed by atoms with Crippen LogP contribution < -0.4 is 4.74 Å². The summed E-state index contributed by atoms with van der Waals surface area (Å²) in [5.74, 6) is -2.10. The lowest BCUT2D eigenvalue weighted by Gasteiger charge is -2.07. The van der Waals surface area contributed by atoms with Crippen molar-refractivity contribution >= 4 is 17.7 Å². The Morgan fingerprint density at radius 1 is 1.55 bits per heavy atom. The molecule has 0 saturated heterocycles. The summed E-state index contributed by atoms with van der Waals surface area (Å²) in [5, 5.41) is 28.0. The maximum Gasteiger partial charge on any atom is 0.387 e. The van der Waals surface area contributed by atoms with Gasteiger partial charge in [-0.2, -0.15) is 14.0 Å². The van der Waals surface area contributed by atoms with E-state index in [4.69, 9.17) is 10.4 Å². The molecule has 0 aliphatic rings. The van der Waals surface area contributed by atoms with Crippen molar-refractivity contribution in [3.8, 4) is 11.8 Å². The monoisotopic (exact) mass is 284 g/mol. The Labute approximate surface area is 110 Å². The first-order chi connectivity index (χ1) is 9.35. The Morgan fingerprint density at radius 3 is 2.65 bits per heavy atom. The highest BCUT2D eigenvalue weighted by molar-refractivity contribution is 5.86. The summed E-state index contributed by atoms with van der Waals surface area (Å²) >= 11 is 0. The number of nitrogens with zero attached hydrogens (tertiary/aromatic N) is 2. The summed E-state index contributed by atoms with van der Waals surface area (Å²) in [6.45, 7) is -3.29. The van der Waals surface area contributed by atoms with E-state index in [1.807, 2.05) is 0 Å². The van der Waals surface area contributed by atoms with Crippen molar-refractivity contribution < 1.29 is 28.3 Å². The number of aliphatic carboxylic acids is 1. The third-order valence-corrected chi connectivity index (χ3v) is 2.07. The van der Waals surface area contributed by atoms with Gasteiger partial charge in [0.2, 0.25) is 5.75 Å². The zero-order chi connectivity index (χ0) is 15.3. The molecule has 0 atom stereocenters. The number of hydrogen-bond acceptors (Lipinski definition) is 5. The molecule has 1 rings (SSSR count). The van der Waals surface area contributed by atoms with Crippen LogP contribution in [-0.2, 0) is 4.79 Å². The van der Waals surface area contributed by atoms with Crippen molar-refractivity contribution in [2.45, 2.75) is 6.61 Å². The molecule has 0 heterocycles. The maximum atomic E-state index is 12.1. The topological polar surface area (TPSA) is 113 Å². The highest BCUT2D eigenvalue weighted by Gasteiger charge is 2.21. The number of nitriles is 1. The molecule has 1 N–H and O–H groups in total. The van der Waals surface area contributed by atoms with Crippen molar-refractivity contribution in [2.75, 3.05) is 0 Å². The molecule has 0 unspecified atom stereocenters. The van der Waals surface area contributed by atoms with E-state index in [1.54, 1.807) is 6.07 Å². The summed E-state index contributed by atoms with van der Waals surface area (Å²) in [6, 6.07) is 3.15. The number of carboxylic acids is 1. The Bertz CT molecular complexity index is 622. The van der Waals surface area contributed by atoms with Crippen LogP contribution >= 0.6 is 0 Å². The molecule has 20 heavy (non-hydrogen) atoms. The Kier molecular flexibility index (Phi) is 4.69. The largest absolute Gasteiger partial charge is 0.478 e. The van der Waals surface area contributed by atoms with Gasteiger partial charge in [-0.05, 0) is 11.6 Å². The molecule has 0 aliphatic heterocycles. The summed E-state index contributed by atoms with van der Waals surface area (Å²) in [6.07, 6.45) is 1.60. The normalized spacial score (nSPS) is 10.5. The van der Waals surface area contributed by atoms with E-state index in [9.17, 15) is 23.7 Å². The number of nitro groups is 1. The molecule has 0 amide bonds. The third-order valence-electron chi connectivity index (χ3n) is 2.07. The number of rotatable bonds is 5. The smallest absolute Gasteiger partial charge is 0.387 e. The summed E-state index contributed by atoms with van der Waals surface area (Å²) in [7, 11) is 0. The van der Waals surface area contributed by atoms with Crippen molar-refractivity contribution in [3.05, 3.63) is 39.4 Å². The van der Waals surface area contributed by atoms with Crippen LogP contribution in [0.25, 0.3) is 6.08 Å². The number of benzene rings is 1. The zero-order valence-corrected chi connectivity index (χ0v) is 9.62. The van der Waals surface area contributed by atoms with Crippen LogP contribution in [0.4, 0.5) is 14.5 Å². The molecule has 1 aromatic rings. The molecular formula is C11H6F2N2O5. The Hall–Kier alpha value is -3.02. The van der Waals surface area contributed by atoms with Crippen molar-refractivity contribution in [3.63, 3.8) is 0 Å². The minimum absolute atomic E-state index is 0.0942. The molecule has 104 valence electrons. The zero-order valence-electron chi connectivity index (χ0n) is 9.62. The average Bonchev–Trinajstić information content (AvgIpc) is 2.35. The molecule has 0 spiro atoms. The number of ether oxygens (including phenoxy) is 1. The van der Waals surface area contributed by atoms with Crippen LogP contribution in [0, 0.1) is 21.4 Å². The summed E-state index contributed by atoms with van der Waals surface area (Å²) < 4.78 is 28.2. The second-order valence-corrected chi connectivity index (χ2v) is 3.33. The van der Waals surface area contributed by atoms with E-state index in [2.05, 4.69) is 4.74 Å². The van der Waals surface area contributed by atoms with Gasteiger partial charge in [0.05, 0.1) is 16.6 Å². The highest BCUT2D eigenvalue weighted by atomic mass is 19.3. The van der Waals surface area contributed by atoms with Crippen molar-refractivity contribution in [2.24, 2.45) is 0 Å². The predicted octanol–water partition coefficient (Wildman–Crippen LogP) is 2.17. The lowest BCUT2D eigenvalue weighted by Crippen LogP contribution is -2.05. The first kappa shape index (κ1) is 15.0. The first-order valence-electron chi connectivity index (χ1n) is 4.93. The van der Waals surface area contributed by atoms with Gasteiger partial charge in [0.15, 0.2) is 0 Å². The van der Waals surface area contributed by atoms with Gasteiger partial charge in [-0.25, -0.2) is 4.79 Å². The van der Waals surface area contributed by atoms with Gasteiger partial charge >= 0.3 is 18.3 Å². The van der Waals surface area contributed by atoms with Gasteiger partial charge in [-0.15, -0.1) is 0 Å². The second kappa shape index (κ2) is 6.24. The average molecular weight is 284 g/mol. The molecule has 9 heteroatoms. The fourth-order valence-electron chi connectivity index (χ4n) is 1.31. The first-order valence-corrected chi connectivity index (χ1v) is 4.93. The van der Waals surface area contributed by atoms with Gasteiger partial charge in [-0.1, -0.05) is 0 Å². The van der Waals surface area contributed by atoms with E-state index >= 15 is 0 Å². The molecule has 0 aromatic heterocycles. The van der Waals surface area contributed by atoms with Gasteiger partial charge in [0.25, 0.3) is 0 Å². The van der Waals surface area contributed by atoms with E-state index in [1.165, 1.54) is 0 Å². The van der Waals surface area contributed by atoms with E-state index in [0.29, 0.717) is 6.08 Å². The van der Waals surface area contributed by atoms with Crippen LogP contribution in [0.2, 0.25) is 0 Å². The van der Waals surface area contributed by atoms with Crippen LogP contribution in [-0.4, -0.2) is 22.6 Å². The summed E-state index contributed by atoms with van der Waals surface area (Å²) in [5.41, 5.74) is -1.12. The number of alkyl halides is 2. The van der Waals surface area contributed by atoms with Gasteiger partial charge in [0.1, 0.15) is 0 Å². The molecular weight excluding hydrogens is 278 g/mol. The molecule has 0 aliphatic carbocycles. The Morgan fingerprint density at radius 2 is 2.20 bits per heavy atom. The lowest BCUT2D eigenvalue weighted by molar-refractivity contribution is -0.386. The van der Waals surface area contributed by atoms with Crippen molar-refractivity contribution in [1.82, 2.24) is 0 Å². The van der Waals surface area contributed by atoms with Crippen molar-refractivity contribution in [1.29, 1.82) is 5.26 Å². The fourth-order valence-corrected chi connectivity index (χ4v) is 1.31. The van der Waals surface area contributed by atoms with Crippen LogP contribution in [0.5, 0.6) is 5.75 Å². The minimum atomic E-state index is -3.29. The van der Waals surface area contributed by atoms with Gasteiger partial charge in [-0.3, -0.25) is 10.1 Å². The Balaban J connectivity index is 3.41. The maximum absolute atomic E-state index is 12.1. The van der Waals surface area contributed by atoms with Crippen LogP contribution in [0.3, 0.4) is 0 Å². The molecule has 0 fully saturated rings. The number of carbonyl (C=O) groups is 1. The van der Waals surface area contributed by atoms with Crippen LogP contribution in [0.1, 0.15) is 11.1 Å². The lowest BCUT2D eigenvalue weighted by atomic mass is 10.1.